The van der Waals surface area contributed by atoms with E-state index in [-0.39, 0.29) is 0 Å². The number of aliphatic hydroxyl groups is 1. The average Bonchev–Trinajstić information content (AvgIpc) is 3.30. The molecule has 2 aromatic rings. The van der Waals surface area contributed by atoms with Crippen molar-refractivity contribution in [1.82, 2.24) is 20.3 Å². The minimum Gasteiger partial charge on any atom is -0.490 e. The Bertz CT molecular complexity index is 669. The molecule has 0 amide bonds. The van der Waals surface area contributed by atoms with Crippen molar-refractivity contribution >= 4 is 0 Å². The summed E-state index contributed by atoms with van der Waals surface area (Å²) in [4.78, 5) is 2.25. The first-order valence-electron chi connectivity index (χ1n) is 8.78. The van der Waals surface area contributed by atoms with Crippen LogP contribution in [0.3, 0.4) is 0 Å². The Morgan fingerprint density at radius 2 is 2.21 bits per heavy atom. The van der Waals surface area contributed by atoms with E-state index in [1.165, 1.54) is 31.2 Å². The Hall–Kier alpha value is -1.92. The first kappa shape index (κ1) is 15.6. The highest BCUT2D eigenvalue weighted by Gasteiger charge is 2.39. The molecule has 1 aliphatic carbocycles. The van der Waals surface area contributed by atoms with Gasteiger partial charge < -0.3 is 9.84 Å². The molecule has 2 aliphatic rings. The van der Waals surface area contributed by atoms with Crippen LogP contribution in [0.25, 0.3) is 0 Å². The van der Waals surface area contributed by atoms with E-state index in [1.54, 1.807) is 6.20 Å². The zero-order valence-corrected chi connectivity index (χ0v) is 13.8. The molecule has 2 N–H and O–H groups in total. The van der Waals surface area contributed by atoms with Gasteiger partial charge in [-0.3, -0.25) is 4.90 Å². The van der Waals surface area contributed by atoms with E-state index < -0.39 is 5.60 Å². The van der Waals surface area contributed by atoms with Crippen LogP contribution in [0.5, 0.6) is 5.75 Å². The van der Waals surface area contributed by atoms with Crippen LogP contribution in [-0.4, -0.2) is 44.6 Å². The van der Waals surface area contributed by atoms with Crippen LogP contribution >= 0.6 is 0 Å². The van der Waals surface area contributed by atoms with Crippen molar-refractivity contribution in [2.45, 2.75) is 50.4 Å². The Labute approximate surface area is 141 Å². The summed E-state index contributed by atoms with van der Waals surface area (Å²) in [7, 11) is 0. The molecule has 6 nitrogen and oxygen atoms in total. The number of aromatic amines is 1. The number of likely N-dealkylation sites (tertiary alicyclic amines) is 1. The number of aromatic nitrogens is 3. The minimum atomic E-state index is -0.898. The summed E-state index contributed by atoms with van der Waals surface area (Å²) >= 11 is 0. The van der Waals surface area contributed by atoms with Crippen LogP contribution in [0.1, 0.15) is 43.4 Å². The number of hydrogen-bond acceptors (Lipinski definition) is 5. The minimum absolute atomic E-state index is 0.379. The molecule has 0 unspecified atom stereocenters. The zero-order valence-electron chi connectivity index (χ0n) is 13.8. The Morgan fingerprint density at radius 1 is 1.33 bits per heavy atom. The number of rotatable bonds is 5. The molecule has 4 rings (SSSR count). The van der Waals surface area contributed by atoms with Gasteiger partial charge in [0.2, 0.25) is 0 Å². The van der Waals surface area contributed by atoms with Gasteiger partial charge in [0.15, 0.2) is 0 Å². The van der Waals surface area contributed by atoms with Gasteiger partial charge in [-0.25, -0.2) is 0 Å². The molecule has 1 aromatic heterocycles. The quantitative estimate of drug-likeness (QED) is 0.880. The number of nitrogens with one attached hydrogen (secondary N) is 1. The van der Waals surface area contributed by atoms with Crippen molar-refractivity contribution in [3.05, 3.63) is 41.7 Å². The maximum Gasteiger partial charge on any atom is 0.124 e. The van der Waals surface area contributed by atoms with E-state index in [9.17, 15) is 5.11 Å². The van der Waals surface area contributed by atoms with E-state index >= 15 is 0 Å². The topological polar surface area (TPSA) is 74.3 Å². The number of nitrogens with zero attached hydrogens (tertiary/aromatic N) is 3. The molecular weight excluding hydrogens is 304 g/mol. The lowest BCUT2D eigenvalue weighted by molar-refractivity contribution is 0.0408. The molecule has 24 heavy (non-hydrogen) atoms. The fourth-order valence-electron chi connectivity index (χ4n) is 3.81. The molecule has 128 valence electrons. The predicted molar refractivity (Wildman–Crippen MR) is 89.5 cm³/mol. The van der Waals surface area contributed by atoms with Gasteiger partial charge in [0.05, 0.1) is 12.3 Å². The second-order valence-corrected chi connectivity index (χ2v) is 7.02. The zero-order chi connectivity index (χ0) is 16.4. The van der Waals surface area contributed by atoms with Gasteiger partial charge in [-0.2, -0.15) is 15.4 Å². The number of ether oxygens (including phenoxy) is 1. The first-order chi connectivity index (χ1) is 11.7. The molecule has 1 saturated carbocycles. The van der Waals surface area contributed by atoms with Gasteiger partial charge >= 0.3 is 0 Å². The summed E-state index contributed by atoms with van der Waals surface area (Å²) in [5.74, 6) is 0.963. The molecule has 1 aliphatic heterocycles. The van der Waals surface area contributed by atoms with Crippen molar-refractivity contribution in [3.63, 3.8) is 0 Å². The van der Waals surface area contributed by atoms with E-state index in [0.29, 0.717) is 24.8 Å². The van der Waals surface area contributed by atoms with E-state index in [2.05, 4.69) is 38.5 Å². The second kappa shape index (κ2) is 6.53. The highest BCUT2D eigenvalue weighted by molar-refractivity contribution is 5.29. The van der Waals surface area contributed by atoms with Crippen LogP contribution in [0.2, 0.25) is 0 Å². The maximum atomic E-state index is 10.8. The summed E-state index contributed by atoms with van der Waals surface area (Å²) in [6.07, 6.45) is 7.56. The number of hydrogen-bond donors (Lipinski definition) is 2. The lowest BCUT2D eigenvalue weighted by Gasteiger charge is -2.21. The third kappa shape index (κ3) is 3.30. The van der Waals surface area contributed by atoms with Crippen molar-refractivity contribution in [3.8, 4) is 5.75 Å². The summed E-state index contributed by atoms with van der Waals surface area (Å²) in [6, 6.07) is 8.35. The molecular formula is C18H24N4O2. The molecule has 0 bridgehead atoms. The third-order valence-corrected chi connectivity index (χ3v) is 5.13. The van der Waals surface area contributed by atoms with Gasteiger partial charge in [-0.1, -0.05) is 12.1 Å². The predicted octanol–water partition coefficient (Wildman–Crippen LogP) is 2.22. The highest BCUT2D eigenvalue weighted by atomic mass is 16.5. The summed E-state index contributed by atoms with van der Waals surface area (Å²) in [5, 5.41) is 21.2. The third-order valence-electron chi connectivity index (χ3n) is 5.13. The number of β-amino-alcohol motifs (C(OH)–C–C–N with tert-alkyl or cyclic N) is 1. The average molecular weight is 328 g/mol. The lowest BCUT2D eigenvalue weighted by atomic mass is 10.00. The van der Waals surface area contributed by atoms with Crippen LogP contribution in [0, 0.1) is 0 Å². The monoisotopic (exact) mass is 328 g/mol. The fraction of sp³-hybridized carbons (Fsp3) is 0.556. The first-order valence-corrected chi connectivity index (χ1v) is 8.78. The van der Waals surface area contributed by atoms with Crippen molar-refractivity contribution in [2.24, 2.45) is 0 Å². The maximum absolute atomic E-state index is 10.8. The number of H-pyrrole nitrogens is 1. The molecule has 6 heteroatoms. The van der Waals surface area contributed by atoms with Gasteiger partial charge in [-0.15, -0.1) is 0 Å². The smallest absolute Gasteiger partial charge is 0.124 e. The summed E-state index contributed by atoms with van der Waals surface area (Å²) in [6.45, 7) is 2.23. The van der Waals surface area contributed by atoms with Crippen molar-refractivity contribution in [2.75, 3.05) is 13.1 Å². The fourth-order valence-corrected chi connectivity index (χ4v) is 3.81. The van der Waals surface area contributed by atoms with Gasteiger partial charge in [-0.05, 0) is 49.8 Å². The standard InChI is InChI=1S/C18H24N4O2/c23-18(17-11-19-21-20-17)8-9-22(13-18)12-14-4-3-7-16(10-14)24-15-5-1-2-6-15/h3-4,7,10-11,15,23H,1-2,5-6,8-9,12-13H2,(H,19,20,21)/t18-/m1/s1. The van der Waals surface area contributed by atoms with Crippen molar-refractivity contribution < 1.29 is 9.84 Å². The van der Waals surface area contributed by atoms with Crippen molar-refractivity contribution in [1.29, 1.82) is 0 Å². The van der Waals surface area contributed by atoms with Crippen LogP contribution in [-0.2, 0) is 12.1 Å². The lowest BCUT2D eigenvalue weighted by Crippen LogP contribution is -2.31. The van der Waals surface area contributed by atoms with Crippen LogP contribution in [0.15, 0.2) is 30.5 Å². The van der Waals surface area contributed by atoms with Crippen LogP contribution in [0.4, 0.5) is 0 Å². The van der Waals surface area contributed by atoms with Gasteiger partial charge in [0, 0.05) is 19.6 Å². The highest BCUT2D eigenvalue weighted by Crippen LogP contribution is 2.31. The molecule has 2 fully saturated rings. The summed E-state index contributed by atoms with van der Waals surface area (Å²) < 4.78 is 6.09. The number of benzene rings is 1. The van der Waals surface area contributed by atoms with E-state index in [4.69, 9.17) is 4.74 Å². The molecule has 0 spiro atoms. The summed E-state index contributed by atoms with van der Waals surface area (Å²) in [5.41, 5.74) is 0.948. The Balaban J connectivity index is 1.39. The largest absolute Gasteiger partial charge is 0.490 e. The molecule has 1 atom stereocenters. The molecule has 1 saturated heterocycles. The Morgan fingerprint density at radius 3 is 3.00 bits per heavy atom. The molecule has 1 aromatic carbocycles. The van der Waals surface area contributed by atoms with E-state index in [0.717, 1.165) is 18.8 Å². The molecule has 2 heterocycles. The van der Waals surface area contributed by atoms with Gasteiger partial charge in [0.1, 0.15) is 17.0 Å². The second-order valence-electron chi connectivity index (χ2n) is 7.02. The Kier molecular flexibility index (Phi) is 4.24. The van der Waals surface area contributed by atoms with E-state index in [1.807, 2.05) is 6.07 Å². The SMILES string of the molecule is O[C@]1(c2cn[nH]n2)CCN(Cc2cccc(OC3CCCC3)c2)C1. The normalized spacial score (nSPS) is 25.4. The van der Waals surface area contributed by atoms with Gasteiger partial charge in [0.25, 0.3) is 0 Å². The molecule has 0 radical (unpaired) electrons. The van der Waals surface area contributed by atoms with Crippen LogP contribution < -0.4 is 4.74 Å².